The number of carbonyl (C=O) groups is 2. The summed E-state index contributed by atoms with van der Waals surface area (Å²) >= 11 is 3.51. The first kappa shape index (κ1) is 22.4. The van der Waals surface area contributed by atoms with Crippen LogP contribution in [0, 0.1) is 23.2 Å². The van der Waals surface area contributed by atoms with Gasteiger partial charge in [0.25, 0.3) is 5.91 Å². The third-order valence-corrected chi connectivity index (χ3v) is 11.7. The number of nitrogens with one attached hydrogen (secondary N) is 2. The number of rotatable bonds is 6. The first-order chi connectivity index (χ1) is 15.9. The number of hydrogen-bond acceptors (Lipinski definition) is 6. The summed E-state index contributed by atoms with van der Waals surface area (Å²) in [5.74, 6) is 4.29. The van der Waals surface area contributed by atoms with Crippen LogP contribution in [-0.4, -0.2) is 61.0 Å². The molecule has 6 aliphatic rings. The van der Waals surface area contributed by atoms with Crippen molar-refractivity contribution in [1.82, 2.24) is 10.2 Å². The van der Waals surface area contributed by atoms with Crippen molar-refractivity contribution in [3.05, 3.63) is 16.0 Å². The van der Waals surface area contributed by atoms with E-state index in [1.807, 2.05) is 11.8 Å². The maximum absolute atomic E-state index is 13.7. The smallest absolute Gasteiger partial charge is 0.254 e. The van der Waals surface area contributed by atoms with E-state index < -0.39 is 0 Å². The largest absolute Gasteiger partial charge is 0.376 e. The lowest BCUT2D eigenvalue weighted by atomic mass is 9.75. The lowest BCUT2D eigenvalue weighted by Crippen LogP contribution is -2.53. The van der Waals surface area contributed by atoms with Crippen LogP contribution < -0.4 is 10.6 Å². The SMILES string of the molecule is CN(C)C1(CNC(=O)c2c(NC(=O)C34CC5CC(CC3C5)C4)sc3c2CCOC3)CCSC1. The molecule has 8 heteroatoms. The second-order valence-corrected chi connectivity index (χ2v) is 13.5. The molecule has 180 valence electrons. The van der Waals surface area contributed by atoms with Gasteiger partial charge in [-0.3, -0.25) is 9.59 Å². The molecular weight excluding hydrogens is 454 g/mol. The van der Waals surface area contributed by atoms with E-state index in [4.69, 9.17) is 4.74 Å². The molecule has 0 aromatic carbocycles. The van der Waals surface area contributed by atoms with Gasteiger partial charge in [-0.05, 0) is 88.1 Å². The number of likely N-dealkylation sites (N-methyl/N-ethyl adjacent to an activating group) is 1. The average Bonchev–Trinajstić information content (AvgIpc) is 3.52. The lowest BCUT2D eigenvalue weighted by molar-refractivity contribution is -0.127. The third-order valence-electron chi connectivity index (χ3n) is 9.33. The van der Waals surface area contributed by atoms with Crippen molar-refractivity contribution in [2.75, 3.05) is 44.1 Å². The van der Waals surface area contributed by atoms with E-state index in [0.717, 1.165) is 64.5 Å². The van der Waals surface area contributed by atoms with Gasteiger partial charge in [0.2, 0.25) is 5.91 Å². The molecule has 2 amide bonds. The Bertz CT molecular complexity index is 954. The van der Waals surface area contributed by atoms with E-state index in [1.54, 1.807) is 11.3 Å². The molecule has 7 rings (SSSR count). The minimum absolute atomic E-state index is 0.00381. The van der Waals surface area contributed by atoms with Gasteiger partial charge < -0.3 is 20.3 Å². The Morgan fingerprint density at radius 1 is 1.18 bits per heavy atom. The van der Waals surface area contributed by atoms with Crippen molar-refractivity contribution in [3.8, 4) is 0 Å². The van der Waals surface area contributed by atoms with Crippen LogP contribution >= 0.6 is 23.1 Å². The van der Waals surface area contributed by atoms with Crippen molar-refractivity contribution in [3.63, 3.8) is 0 Å². The highest BCUT2D eigenvalue weighted by Crippen LogP contribution is 2.65. The number of anilines is 1. The molecule has 6 nitrogen and oxygen atoms in total. The van der Waals surface area contributed by atoms with Crippen LogP contribution in [-0.2, 0) is 22.6 Å². The van der Waals surface area contributed by atoms with Gasteiger partial charge in [0.1, 0.15) is 5.00 Å². The number of thiophene rings is 1. The minimum atomic E-state index is -0.196. The Morgan fingerprint density at radius 3 is 2.67 bits per heavy atom. The van der Waals surface area contributed by atoms with Crippen LogP contribution in [0.15, 0.2) is 0 Å². The summed E-state index contributed by atoms with van der Waals surface area (Å²) in [6.45, 7) is 1.80. The van der Waals surface area contributed by atoms with Crippen LogP contribution in [0.1, 0.15) is 59.3 Å². The Balaban J connectivity index is 1.25. The minimum Gasteiger partial charge on any atom is -0.376 e. The highest BCUT2D eigenvalue weighted by atomic mass is 32.2. The molecule has 33 heavy (non-hydrogen) atoms. The first-order valence-corrected chi connectivity index (χ1v) is 14.4. The van der Waals surface area contributed by atoms with E-state index in [2.05, 4.69) is 29.6 Å². The van der Waals surface area contributed by atoms with E-state index in [9.17, 15) is 9.59 Å². The zero-order valence-corrected chi connectivity index (χ0v) is 21.3. The van der Waals surface area contributed by atoms with Crippen LogP contribution in [0.25, 0.3) is 0 Å². The molecule has 0 spiro atoms. The van der Waals surface area contributed by atoms with E-state index in [-0.39, 0.29) is 22.8 Å². The number of hydrogen-bond donors (Lipinski definition) is 2. The van der Waals surface area contributed by atoms with Crippen LogP contribution in [0.3, 0.4) is 0 Å². The van der Waals surface area contributed by atoms with Crippen molar-refractivity contribution < 1.29 is 14.3 Å². The molecule has 5 fully saturated rings. The maximum Gasteiger partial charge on any atom is 0.254 e. The van der Waals surface area contributed by atoms with Crippen LogP contribution in [0.2, 0.25) is 0 Å². The summed E-state index contributed by atoms with van der Waals surface area (Å²) in [4.78, 5) is 30.6. The molecule has 3 unspecified atom stereocenters. The molecule has 3 atom stereocenters. The molecule has 2 N–H and O–H groups in total. The number of thioether (sulfide) groups is 1. The maximum atomic E-state index is 13.7. The standard InChI is InChI=1S/C25H35N3O3S2/c1-28(2)24(4-6-32-14-24)13-26-21(29)20-18-3-5-31-12-19(18)33-22(20)27-23(30)25-10-15-7-16(11-25)9-17(25)8-15/h15-17H,3-14H2,1-2H3,(H,26,29)(H,27,30). The monoisotopic (exact) mass is 489 g/mol. The highest BCUT2D eigenvalue weighted by Gasteiger charge is 2.61. The molecule has 4 saturated carbocycles. The Hall–Kier alpha value is -1.09. The van der Waals surface area contributed by atoms with Gasteiger partial charge in [0.15, 0.2) is 0 Å². The van der Waals surface area contributed by atoms with Crippen molar-refractivity contribution >= 4 is 39.9 Å². The van der Waals surface area contributed by atoms with Gasteiger partial charge >= 0.3 is 0 Å². The van der Waals surface area contributed by atoms with Crippen molar-refractivity contribution in [2.45, 2.75) is 57.1 Å². The van der Waals surface area contributed by atoms with Crippen molar-refractivity contribution in [1.29, 1.82) is 0 Å². The van der Waals surface area contributed by atoms with E-state index >= 15 is 0 Å². The van der Waals surface area contributed by atoms with Gasteiger partial charge in [-0.2, -0.15) is 11.8 Å². The quantitative estimate of drug-likeness (QED) is 0.637. The van der Waals surface area contributed by atoms with Gasteiger partial charge in [-0.15, -0.1) is 11.3 Å². The molecular formula is C25H35N3O3S2. The Morgan fingerprint density at radius 2 is 1.97 bits per heavy atom. The van der Waals surface area contributed by atoms with Gasteiger partial charge in [0, 0.05) is 22.7 Å². The summed E-state index contributed by atoms with van der Waals surface area (Å²) in [6.07, 6.45) is 7.65. The molecule has 4 bridgehead atoms. The molecule has 3 heterocycles. The third kappa shape index (κ3) is 3.58. The molecule has 1 aromatic heterocycles. The normalized spacial score (nSPS) is 36.4. The molecule has 4 aliphatic carbocycles. The van der Waals surface area contributed by atoms with Gasteiger partial charge in [-0.25, -0.2) is 0 Å². The zero-order chi connectivity index (χ0) is 22.8. The zero-order valence-electron chi connectivity index (χ0n) is 19.7. The van der Waals surface area contributed by atoms with Gasteiger partial charge in [-0.1, -0.05) is 0 Å². The van der Waals surface area contributed by atoms with Crippen LogP contribution in [0.4, 0.5) is 5.00 Å². The summed E-state index contributed by atoms with van der Waals surface area (Å²) < 4.78 is 5.68. The van der Waals surface area contributed by atoms with Gasteiger partial charge in [0.05, 0.1) is 24.2 Å². The van der Waals surface area contributed by atoms with E-state index in [0.29, 0.717) is 31.2 Å². The fourth-order valence-electron chi connectivity index (χ4n) is 7.54. The fraction of sp³-hybridized carbons (Fsp3) is 0.760. The predicted molar refractivity (Wildman–Crippen MR) is 133 cm³/mol. The highest BCUT2D eigenvalue weighted by molar-refractivity contribution is 7.99. The topological polar surface area (TPSA) is 70.7 Å². The number of fused-ring (bicyclic) bond motifs is 1. The number of amides is 2. The van der Waals surface area contributed by atoms with Crippen LogP contribution in [0.5, 0.6) is 0 Å². The number of nitrogens with zero attached hydrogens (tertiary/aromatic N) is 1. The van der Waals surface area contributed by atoms with E-state index in [1.165, 1.54) is 19.3 Å². The molecule has 1 saturated heterocycles. The molecule has 0 radical (unpaired) electrons. The summed E-state index contributed by atoms with van der Waals surface area (Å²) in [5, 5.41) is 7.31. The number of ether oxygens (including phenoxy) is 1. The first-order valence-electron chi connectivity index (χ1n) is 12.5. The van der Waals surface area contributed by atoms with Crippen molar-refractivity contribution in [2.24, 2.45) is 23.2 Å². The molecule has 1 aromatic rings. The second-order valence-electron chi connectivity index (χ2n) is 11.3. The second kappa shape index (κ2) is 8.25. The summed E-state index contributed by atoms with van der Waals surface area (Å²) in [5.41, 5.74) is 1.58. The lowest BCUT2D eigenvalue weighted by Gasteiger charge is -2.35. The summed E-state index contributed by atoms with van der Waals surface area (Å²) in [7, 11) is 4.22. The summed E-state index contributed by atoms with van der Waals surface area (Å²) in [6, 6.07) is 0. The average molecular weight is 490 g/mol. The Kier molecular flexibility index (Phi) is 5.59. The predicted octanol–water partition coefficient (Wildman–Crippen LogP) is 3.75. The molecule has 2 aliphatic heterocycles. The number of carbonyl (C=O) groups excluding carboxylic acids is 2. The Labute approximate surface area is 204 Å². The fourth-order valence-corrected chi connectivity index (χ4v) is 10.3.